The van der Waals surface area contributed by atoms with Crippen molar-refractivity contribution in [2.24, 2.45) is 0 Å². The maximum absolute atomic E-state index is 13.7. The van der Waals surface area contributed by atoms with Gasteiger partial charge in [-0.15, -0.1) is 0 Å². The topological polar surface area (TPSA) is 44.0 Å². The Morgan fingerprint density at radius 3 is 2.85 bits per heavy atom. The van der Waals surface area contributed by atoms with Gasteiger partial charge in [0.2, 0.25) is 0 Å². The number of nitrogens with one attached hydrogen (secondary N) is 2. The number of rotatable bonds is 2. The molecule has 0 amide bonds. The molecule has 1 aliphatic rings. The van der Waals surface area contributed by atoms with Gasteiger partial charge in [0, 0.05) is 37.3 Å². The van der Waals surface area contributed by atoms with Crippen molar-refractivity contribution in [2.45, 2.75) is 6.42 Å². The first-order valence-electron chi connectivity index (χ1n) is 6.70. The lowest BCUT2D eigenvalue weighted by atomic mass is 10.1. The van der Waals surface area contributed by atoms with Gasteiger partial charge in [0.05, 0.1) is 5.69 Å². The third-order valence-corrected chi connectivity index (χ3v) is 3.45. The molecule has 1 aromatic carbocycles. The fourth-order valence-corrected chi connectivity index (χ4v) is 2.39. The van der Waals surface area contributed by atoms with E-state index < -0.39 is 11.6 Å². The lowest BCUT2D eigenvalue weighted by Crippen LogP contribution is -2.28. The Morgan fingerprint density at radius 1 is 1.10 bits per heavy atom. The van der Waals surface area contributed by atoms with E-state index in [1.807, 2.05) is 6.07 Å². The van der Waals surface area contributed by atoms with Gasteiger partial charge in [0.1, 0.15) is 11.6 Å². The summed E-state index contributed by atoms with van der Waals surface area (Å²) in [5.41, 5.74) is 0.896. The highest BCUT2D eigenvalue weighted by molar-refractivity contribution is 5.63. The number of anilines is 1. The third kappa shape index (κ3) is 2.65. The maximum atomic E-state index is 13.7. The molecule has 1 fully saturated rings. The molecule has 2 N–H and O–H groups in total. The van der Waals surface area contributed by atoms with Gasteiger partial charge >= 0.3 is 0 Å². The second kappa shape index (κ2) is 5.58. The normalized spacial score (nSPS) is 16.2. The van der Waals surface area contributed by atoms with E-state index in [1.54, 1.807) is 0 Å². The van der Waals surface area contributed by atoms with Gasteiger partial charge < -0.3 is 10.2 Å². The Labute approximate surface area is 115 Å². The molecule has 20 heavy (non-hydrogen) atoms. The van der Waals surface area contributed by atoms with Crippen LogP contribution in [-0.2, 0) is 0 Å². The van der Waals surface area contributed by atoms with Crippen molar-refractivity contribution in [3.05, 3.63) is 35.9 Å². The predicted octanol–water partition coefficient (Wildman–Crippen LogP) is 2.15. The average Bonchev–Trinajstić information content (AvgIpc) is 2.74. The zero-order valence-electron chi connectivity index (χ0n) is 11.0. The summed E-state index contributed by atoms with van der Waals surface area (Å²) in [5.74, 6) is -0.366. The SMILES string of the molecule is Fc1ccc(-c2cc(N3CCCNCC3)n[nH]2)c(F)c1. The number of H-pyrrole nitrogens is 1. The van der Waals surface area contributed by atoms with Gasteiger partial charge in [-0.1, -0.05) is 0 Å². The average molecular weight is 278 g/mol. The summed E-state index contributed by atoms with van der Waals surface area (Å²) in [4.78, 5) is 2.15. The minimum absolute atomic E-state index is 0.332. The Bertz CT molecular complexity index is 589. The monoisotopic (exact) mass is 278 g/mol. The molecule has 1 saturated heterocycles. The molecule has 3 rings (SSSR count). The molecule has 2 aromatic rings. The summed E-state index contributed by atoms with van der Waals surface area (Å²) in [5, 5.41) is 10.4. The highest BCUT2D eigenvalue weighted by Gasteiger charge is 2.15. The number of aromatic nitrogens is 2. The van der Waals surface area contributed by atoms with E-state index >= 15 is 0 Å². The third-order valence-electron chi connectivity index (χ3n) is 3.45. The highest BCUT2D eigenvalue weighted by atomic mass is 19.1. The van der Waals surface area contributed by atoms with Crippen LogP contribution in [0.2, 0.25) is 0 Å². The molecule has 6 heteroatoms. The molecule has 0 unspecified atom stereocenters. The minimum Gasteiger partial charge on any atom is -0.354 e. The Kier molecular flexibility index (Phi) is 3.64. The van der Waals surface area contributed by atoms with Crippen molar-refractivity contribution in [3.8, 4) is 11.3 Å². The van der Waals surface area contributed by atoms with Crippen LogP contribution in [0, 0.1) is 11.6 Å². The van der Waals surface area contributed by atoms with Crippen LogP contribution in [0.5, 0.6) is 0 Å². The molecule has 1 aromatic heterocycles. The van der Waals surface area contributed by atoms with E-state index in [0.717, 1.165) is 44.5 Å². The number of nitrogens with zero attached hydrogens (tertiary/aromatic N) is 2. The number of hydrogen-bond donors (Lipinski definition) is 2. The summed E-state index contributed by atoms with van der Waals surface area (Å²) in [6.07, 6.45) is 1.05. The summed E-state index contributed by atoms with van der Waals surface area (Å²) in [6, 6.07) is 5.36. The van der Waals surface area contributed by atoms with Crippen LogP contribution >= 0.6 is 0 Å². The molecule has 0 atom stereocenters. The maximum Gasteiger partial charge on any atom is 0.151 e. The van der Waals surface area contributed by atoms with Gasteiger partial charge in [-0.3, -0.25) is 5.10 Å². The van der Waals surface area contributed by atoms with E-state index in [0.29, 0.717) is 11.3 Å². The van der Waals surface area contributed by atoms with Crippen molar-refractivity contribution >= 4 is 5.82 Å². The first kappa shape index (κ1) is 13.1. The molecule has 106 valence electrons. The summed E-state index contributed by atoms with van der Waals surface area (Å²) in [6.45, 7) is 3.70. The van der Waals surface area contributed by atoms with E-state index in [9.17, 15) is 8.78 Å². The first-order valence-corrected chi connectivity index (χ1v) is 6.70. The van der Waals surface area contributed by atoms with E-state index in [4.69, 9.17) is 0 Å². The number of halogens is 2. The van der Waals surface area contributed by atoms with Crippen LogP contribution in [-0.4, -0.2) is 36.4 Å². The van der Waals surface area contributed by atoms with Crippen molar-refractivity contribution < 1.29 is 8.78 Å². The number of benzene rings is 1. The largest absolute Gasteiger partial charge is 0.354 e. The predicted molar refractivity (Wildman–Crippen MR) is 73.6 cm³/mol. The van der Waals surface area contributed by atoms with Gasteiger partial charge in [-0.25, -0.2) is 8.78 Å². The minimum atomic E-state index is -0.585. The zero-order chi connectivity index (χ0) is 13.9. The van der Waals surface area contributed by atoms with Crippen LogP contribution in [0.3, 0.4) is 0 Å². The molecule has 2 heterocycles. The number of aromatic amines is 1. The zero-order valence-corrected chi connectivity index (χ0v) is 11.0. The van der Waals surface area contributed by atoms with E-state index in [-0.39, 0.29) is 0 Å². The standard InChI is InChI=1S/C14H16F2N4/c15-10-2-3-11(12(16)8-10)13-9-14(19-18-13)20-6-1-4-17-5-7-20/h2-3,8-9,17H,1,4-7H2,(H,18,19). The summed E-state index contributed by atoms with van der Waals surface area (Å²) < 4.78 is 26.7. The summed E-state index contributed by atoms with van der Waals surface area (Å²) >= 11 is 0. The number of hydrogen-bond acceptors (Lipinski definition) is 3. The first-order chi connectivity index (χ1) is 9.74. The smallest absolute Gasteiger partial charge is 0.151 e. The Morgan fingerprint density at radius 2 is 2.00 bits per heavy atom. The highest BCUT2D eigenvalue weighted by Crippen LogP contribution is 2.25. The van der Waals surface area contributed by atoms with Gasteiger partial charge in [0.15, 0.2) is 5.82 Å². The Balaban J connectivity index is 1.85. The molecular weight excluding hydrogens is 262 g/mol. The van der Waals surface area contributed by atoms with Crippen LogP contribution in [0.25, 0.3) is 11.3 Å². The second-order valence-corrected chi connectivity index (χ2v) is 4.85. The van der Waals surface area contributed by atoms with Gasteiger partial charge in [-0.05, 0) is 25.1 Å². The fourth-order valence-electron chi connectivity index (χ4n) is 2.39. The molecule has 0 spiro atoms. The lowest BCUT2D eigenvalue weighted by Gasteiger charge is -2.18. The van der Waals surface area contributed by atoms with Crippen molar-refractivity contribution in [1.82, 2.24) is 15.5 Å². The van der Waals surface area contributed by atoms with Crippen molar-refractivity contribution in [1.29, 1.82) is 0 Å². The quantitative estimate of drug-likeness (QED) is 0.884. The van der Waals surface area contributed by atoms with Crippen LogP contribution in [0.1, 0.15) is 6.42 Å². The Hall–Kier alpha value is -1.95. The van der Waals surface area contributed by atoms with Crippen LogP contribution < -0.4 is 10.2 Å². The van der Waals surface area contributed by atoms with E-state index in [2.05, 4.69) is 20.4 Å². The molecule has 0 aliphatic carbocycles. The van der Waals surface area contributed by atoms with Crippen LogP contribution in [0.4, 0.5) is 14.6 Å². The van der Waals surface area contributed by atoms with Gasteiger partial charge in [-0.2, -0.15) is 5.10 Å². The molecule has 1 aliphatic heterocycles. The molecule has 4 nitrogen and oxygen atoms in total. The van der Waals surface area contributed by atoms with Crippen molar-refractivity contribution in [3.63, 3.8) is 0 Å². The molecule has 0 bridgehead atoms. The molecule has 0 saturated carbocycles. The fraction of sp³-hybridized carbons (Fsp3) is 0.357. The molecule has 0 radical (unpaired) electrons. The van der Waals surface area contributed by atoms with Crippen molar-refractivity contribution in [2.75, 3.05) is 31.1 Å². The molecular formula is C14H16F2N4. The van der Waals surface area contributed by atoms with Gasteiger partial charge in [0.25, 0.3) is 0 Å². The van der Waals surface area contributed by atoms with Crippen LogP contribution in [0.15, 0.2) is 24.3 Å². The van der Waals surface area contributed by atoms with E-state index in [1.165, 1.54) is 12.1 Å². The lowest BCUT2D eigenvalue weighted by molar-refractivity contribution is 0.585. The second-order valence-electron chi connectivity index (χ2n) is 4.85. The summed E-state index contributed by atoms with van der Waals surface area (Å²) in [7, 11) is 0.